The number of halogens is 3. The molecular formula is C27H29F3N4O4. The van der Waals surface area contributed by atoms with E-state index in [1.165, 1.54) is 18.3 Å². The van der Waals surface area contributed by atoms with Crippen molar-refractivity contribution in [3.05, 3.63) is 48.2 Å². The smallest absolute Gasteiger partial charge is 0.464 e. The van der Waals surface area contributed by atoms with E-state index in [9.17, 15) is 27.6 Å². The van der Waals surface area contributed by atoms with E-state index in [4.69, 9.17) is 9.73 Å². The lowest BCUT2D eigenvalue weighted by Gasteiger charge is -2.44. The third kappa shape index (κ3) is 6.03. The van der Waals surface area contributed by atoms with Gasteiger partial charge < -0.3 is 15.4 Å². The predicted molar refractivity (Wildman–Crippen MR) is 135 cm³/mol. The lowest BCUT2D eigenvalue weighted by Crippen LogP contribution is -2.52. The maximum atomic E-state index is 12.7. The Morgan fingerprint density at radius 1 is 1.13 bits per heavy atom. The van der Waals surface area contributed by atoms with Crippen LogP contribution in [0.1, 0.15) is 51.0 Å². The molecule has 1 amide bonds. The molecule has 2 saturated carbocycles. The number of hydrogen-bond donors (Lipinski definition) is 2. The van der Waals surface area contributed by atoms with E-state index in [1.54, 1.807) is 31.2 Å². The monoisotopic (exact) mass is 530 g/mol. The second-order valence-electron chi connectivity index (χ2n) is 9.46. The van der Waals surface area contributed by atoms with E-state index in [-0.39, 0.29) is 36.7 Å². The number of ether oxygens (including phenoxy) is 1. The van der Waals surface area contributed by atoms with Gasteiger partial charge in [-0.15, -0.1) is 0 Å². The second kappa shape index (κ2) is 11.3. The van der Waals surface area contributed by atoms with Crippen LogP contribution < -0.4 is 10.6 Å². The Hall–Kier alpha value is -3.76. The van der Waals surface area contributed by atoms with Crippen LogP contribution in [0.15, 0.2) is 47.6 Å². The zero-order valence-corrected chi connectivity index (χ0v) is 20.9. The fourth-order valence-corrected chi connectivity index (χ4v) is 4.93. The summed E-state index contributed by atoms with van der Waals surface area (Å²) in [6, 6.07) is 8.82. The van der Waals surface area contributed by atoms with Gasteiger partial charge in [0.1, 0.15) is 5.78 Å². The minimum absolute atomic E-state index is 0.0427. The van der Waals surface area contributed by atoms with Gasteiger partial charge in [0.25, 0.3) is 0 Å². The highest BCUT2D eigenvalue weighted by Crippen LogP contribution is 2.47. The largest absolute Gasteiger partial charge is 0.471 e. The number of carbonyl (C=O) groups is 3. The molecule has 1 atom stereocenters. The first-order chi connectivity index (χ1) is 18.1. The average molecular weight is 531 g/mol. The van der Waals surface area contributed by atoms with Crippen LogP contribution >= 0.6 is 0 Å². The third-order valence-electron chi connectivity index (χ3n) is 6.95. The highest BCUT2D eigenvalue weighted by molar-refractivity contribution is 6.27. The first-order valence-corrected chi connectivity index (χ1v) is 12.6. The molecule has 2 N–H and O–H groups in total. The molecule has 8 nitrogen and oxygen atoms in total. The van der Waals surface area contributed by atoms with Crippen LogP contribution in [0.2, 0.25) is 0 Å². The number of aromatic nitrogens is 1. The Bertz CT molecular complexity index is 1220. The molecule has 0 saturated heterocycles. The topological polar surface area (TPSA) is 110 Å². The first-order valence-electron chi connectivity index (χ1n) is 12.6. The SMILES string of the molecule is CCOC(=O)[C@H](Cc1ccc(Nc2ncccc2NC(=O)C(F)(F)F)cc1)N=C1CC(=O)C12CCCCC2. The Morgan fingerprint density at radius 2 is 1.84 bits per heavy atom. The van der Waals surface area contributed by atoms with Crippen LogP contribution in [0.25, 0.3) is 0 Å². The number of anilines is 3. The summed E-state index contributed by atoms with van der Waals surface area (Å²) in [6.45, 7) is 1.94. The molecule has 0 radical (unpaired) electrons. The number of benzene rings is 1. The van der Waals surface area contributed by atoms with E-state index in [2.05, 4.69) is 10.3 Å². The second-order valence-corrected chi connectivity index (χ2v) is 9.46. The van der Waals surface area contributed by atoms with Crippen molar-refractivity contribution in [2.24, 2.45) is 10.4 Å². The van der Waals surface area contributed by atoms with Crippen LogP contribution in [-0.2, 0) is 25.5 Å². The highest BCUT2D eigenvalue weighted by atomic mass is 19.4. The van der Waals surface area contributed by atoms with Gasteiger partial charge in [-0.3, -0.25) is 14.6 Å². The molecule has 0 bridgehead atoms. The molecule has 38 heavy (non-hydrogen) atoms. The molecule has 0 aliphatic heterocycles. The van der Waals surface area contributed by atoms with Gasteiger partial charge in [0, 0.05) is 30.4 Å². The standard InChI is InChI=1S/C27H29F3N4O4/c1-2-38-24(36)20(33-21-16-22(35)26(21)12-4-3-5-13-26)15-17-8-10-18(11-9-17)32-23-19(7-6-14-31-23)34-25(37)27(28,29)30/h6-11,14,20H,2-5,12-13,15-16H2,1H3,(H,31,32)(H,34,37)/t20-/m0/s1. The van der Waals surface area contributed by atoms with Gasteiger partial charge in [0.15, 0.2) is 11.9 Å². The van der Waals surface area contributed by atoms with Gasteiger partial charge in [-0.1, -0.05) is 31.4 Å². The summed E-state index contributed by atoms with van der Waals surface area (Å²) in [5.41, 5.74) is 1.46. The lowest BCUT2D eigenvalue weighted by atomic mass is 9.58. The Balaban J connectivity index is 1.48. The quantitative estimate of drug-likeness (QED) is 0.456. The molecular weight excluding hydrogens is 501 g/mol. The first kappa shape index (κ1) is 27.3. The number of pyridine rings is 1. The number of aliphatic imine (C=N–C) groups is 1. The lowest BCUT2D eigenvalue weighted by molar-refractivity contribution is -0.167. The minimum atomic E-state index is -5.03. The Kier molecular flexibility index (Phi) is 8.13. The number of nitrogens with one attached hydrogen (secondary N) is 2. The van der Waals surface area contributed by atoms with Crippen molar-refractivity contribution in [2.75, 3.05) is 17.2 Å². The van der Waals surface area contributed by atoms with Crippen LogP contribution in [-0.4, -0.2) is 47.2 Å². The fourth-order valence-electron chi connectivity index (χ4n) is 4.93. The molecule has 2 aromatic rings. The van der Waals surface area contributed by atoms with E-state index in [0.717, 1.165) is 43.4 Å². The van der Waals surface area contributed by atoms with E-state index in [0.29, 0.717) is 5.69 Å². The molecule has 1 heterocycles. The molecule has 0 unspecified atom stereocenters. The van der Waals surface area contributed by atoms with Gasteiger partial charge in [0.2, 0.25) is 0 Å². The van der Waals surface area contributed by atoms with Crippen molar-refractivity contribution in [1.29, 1.82) is 0 Å². The van der Waals surface area contributed by atoms with Crippen LogP contribution in [0.5, 0.6) is 0 Å². The molecule has 2 fully saturated rings. The van der Waals surface area contributed by atoms with Crippen molar-refractivity contribution < 1.29 is 32.3 Å². The summed E-state index contributed by atoms with van der Waals surface area (Å²) < 4.78 is 43.2. The summed E-state index contributed by atoms with van der Waals surface area (Å²) in [4.78, 5) is 45.3. The Morgan fingerprint density at radius 3 is 2.47 bits per heavy atom. The molecule has 2 aliphatic carbocycles. The number of hydrogen-bond acceptors (Lipinski definition) is 7. The number of amides is 1. The number of nitrogens with zero attached hydrogens (tertiary/aromatic N) is 2. The molecule has 1 aromatic carbocycles. The molecule has 11 heteroatoms. The fraction of sp³-hybridized carbons (Fsp3) is 0.444. The van der Waals surface area contributed by atoms with Gasteiger partial charge in [-0.05, 0) is 49.6 Å². The predicted octanol–water partition coefficient (Wildman–Crippen LogP) is 5.16. The number of esters is 1. The van der Waals surface area contributed by atoms with Crippen molar-refractivity contribution in [3.8, 4) is 0 Å². The van der Waals surface area contributed by atoms with Crippen molar-refractivity contribution in [1.82, 2.24) is 4.98 Å². The van der Waals surface area contributed by atoms with Crippen LogP contribution in [0, 0.1) is 5.41 Å². The number of rotatable bonds is 8. The number of Topliss-reactive ketones (excluding diaryl/α,β-unsaturated/α-hetero) is 1. The molecule has 1 spiro atoms. The summed E-state index contributed by atoms with van der Waals surface area (Å²) in [5, 5.41) is 4.71. The number of carbonyl (C=O) groups excluding carboxylic acids is 3. The highest BCUT2D eigenvalue weighted by Gasteiger charge is 2.52. The van der Waals surface area contributed by atoms with E-state index < -0.39 is 29.5 Å². The molecule has 4 rings (SSSR count). The zero-order chi connectivity index (χ0) is 27.3. The summed E-state index contributed by atoms with van der Waals surface area (Å²) in [7, 11) is 0. The average Bonchev–Trinajstić information content (AvgIpc) is 2.90. The van der Waals surface area contributed by atoms with Gasteiger partial charge in [-0.2, -0.15) is 13.2 Å². The van der Waals surface area contributed by atoms with Crippen LogP contribution in [0.4, 0.5) is 30.4 Å². The van der Waals surface area contributed by atoms with E-state index in [1.807, 2.05) is 5.32 Å². The maximum absolute atomic E-state index is 12.7. The number of alkyl halides is 3. The summed E-state index contributed by atoms with van der Waals surface area (Å²) in [6.07, 6.45) is 1.49. The summed E-state index contributed by atoms with van der Waals surface area (Å²) >= 11 is 0. The molecule has 1 aromatic heterocycles. The van der Waals surface area contributed by atoms with Gasteiger partial charge >= 0.3 is 18.1 Å². The van der Waals surface area contributed by atoms with Crippen molar-refractivity contribution >= 4 is 40.6 Å². The van der Waals surface area contributed by atoms with E-state index >= 15 is 0 Å². The third-order valence-corrected chi connectivity index (χ3v) is 6.95. The maximum Gasteiger partial charge on any atom is 0.471 e. The van der Waals surface area contributed by atoms with Gasteiger partial charge in [-0.25, -0.2) is 9.78 Å². The Labute approximate surface area is 218 Å². The minimum Gasteiger partial charge on any atom is -0.464 e. The van der Waals surface area contributed by atoms with Crippen molar-refractivity contribution in [2.45, 2.75) is 64.1 Å². The normalized spacial score (nSPS) is 18.5. The molecule has 202 valence electrons. The van der Waals surface area contributed by atoms with Crippen molar-refractivity contribution in [3.63, 3.8) is 0 Å². The number of ketones is 1. The molecule has 2 aliphatic rings. The van der Waals surface area contributed by atoms with Gasteiger partial charge in [0.05, 0.1) is 17.7 Å². The zero-order valence-electron chi connectivity index (χ0n) is 20.9. The summed E-state index contributed by atoms with van der Waals surface area (Å²) in [5.74, 6) is -2.31. The van der Waals surface area contributed by atoms with Crippen LogP contribution in [0.3, 0.4) is 0 Å².